The molecule has 4 aromatic rings. The zero-order valence-corrected chi connectivity index (χ0v) is 13.3. The summed E-state index contributed by atoms with van der Waals surface area (Å²) in [6.07, 6.45) is 0. The molecule has 0 fully saturated rings. The van der Waals surface area contributed by atoms with Crippen molar-refractivity contribution in [3.63, 3.8) is 0 Å². The molecular formula is C19H15NO4. The van der Waals surface area contributed by atoms with Gasteiger partial charge in [-0.3, -0.25) is 0 Å². The van der Waals surface area contributed by atoms with Crippen molar-refractivity contribution in [1.29, 1.82) is 0 Å². The molecule has 120 valence electrons. The maximum atomic E-state index is 12.4. The molecular weight excluding hydrogens is 306 g/mol. The molecule has 2 aromatic carbocycles. The second kappa shape index (κ2) is 5.53. The number of benzene rings is 2. The van der Waals surface area contributed by atoms with E-state index in [-0.39, 0.29) is 12.4 Å². The second-order valence-electron chi connectivity index (χ2n) is 5.72. The van der Waals surface area contributed by atoms with Crippen LogP contribution in [0.15, 0.2) is 51.4 Å². The van der Waals surface area contributed by atoms with Crippen molar-refractivity contribution in [2.24, 2.45) is 0 Å². The SMILES string of the molecule is Cc1cc(COC(=O)c2oc3c(ccc4ccccc43)c2C)no1. The van der Waals surface area contributed by atoms with Gasteiger partial charge in [0.2, 0.25) is 5.76 Å². The van der Waals surface area contributed by atoms with E-state index >= 15 is 0 Å². The van der Waals surface area contributed by atoms with Crippen molar-refractivity contribution in [3.8, 4) is 0 Å². The third kappa shape index (κ3) is 2.34. The number of aromatic nitrogens is 1. The number of aryl methyl sites for hydroxylation is 2. The van der Waals surface area contributed by atoms with Gasteiger partial charge in [-0.2, -0.15) is 0 Å². The molecule has 2 heterocycles. The van der Waals surface area contributed by atoms with E-state index in [1.54, 1.807) is 13.0 Å². The van der Waals surface area contributed by atoms with Gasteiger partial charge in [-0.05, 0) is 19.2 Å². The highest BCUT2D eigenvalue weighted by Gasteiger charge is 2.20. The largest absolute Gasteiger partial charge is 0.453 e. The fraction of sp³-hybridized carbons (Fsp3) is 0.158. The monoisotopic (exact) mass is 321 g/mol. The Hall–Kier alpha value is -3.08. The van der Waals surface area contributed by atoms with Crippen molar-refractivity contribution < 1.29 is 18.5 Å². The molecule has 0 N–H and O–H groups in total. The van der Waals surface area contributed by atoms with Crippen LogP contribution in [0.5, 0.6) is 0 Å². The summed E-state index contributed by atoms with van der Waals surface area (Å²) in [6, 6.07) is 13.6. The van der Waals surface area contributed by atoms with E-state index in [9.17, 15) is 4.79 Å². The van der Waals surface area contributed by atoms with Crippen molar-refractivity contribution >= 4 is 27.7 Å². The molecule has 0 saturated carbocycles. The molecule has 0 amide bonds. The number of carbonyl (C=O) groups is 1. The Labute approximate surface area is 137 Å². The summed E-state index contributed by atoms with van der Waals surface area (Å²) in [6.45, 7) is 3.69. The number of esters is 1. The molecule has 5 heteroatoms. The van der Waals surface area contributed by atoms with E-state index in [2.05, 4.69) is 5.16 Å². The molecule has 0 saturated heterocycles. The Morgan fingerprint density at radius 1 is 1.12 bits per heavy atom. The number of ether oxygens (including phenoxy) is 1. The van der Waals surface area contributed by atoms with Gasteiger partial charge in [-0.25, -0.2) is 4.79 Å². The number of fused-ring (bicyclic) bond motifs is 3. The highest BCUT2D eigenvalue weighted by atomic mass is 16.5. The smallest absolute Gasteiger partial charge is 0.374 e. The van der Waals surface area contributed by atoms with Gasteiger partial charge in [-0.15, -0.1) is 0 Å². The van der Waals surface area contributed by atoms with Crippen LogP contribution in [0.2, 0.25) is 0 Å². The lowest BCUT2D eigenvalue weighted by molar-refractivity contribution is 0.0429. The number of rotatable bonds is 3. The first-order chi connectivity index (χ1) is 11.6. The fourth-order valence-electron chi connectivity index (χ4n) is 2.83. The fourth-order valence-corrected chi connectivity index (χ4v) is 2.83. The van der Waals surface area contributed by atoms with Crippen LogP contribution in [-0.2, 0) is 11.3 Å². The quantitative estimate of drug-likeness (QED) is 0.518. The number of furan rings is 1. The van der Waals surface area contributed by atoms with Crippen molar-refractivity contribution in [3.05, 3.63) is 65.2 Å². The maximum Gasteiger partial charge on any atom is 0.374 e. The van der Waals surface area contributed by atoms with Gasteiger partial charge in [-0.1, -0.05) is 41.6 Å². The lowest BCUT2D eigenvalue weighted by Crippen LogP contribution is -2.05. The van der Waals surface area contributed by atoms with Gasteiger partial charge in [0.15, 0.2) is 0 Å². The summed E-state index contributed by atoms with van der Waals surface area (Å²) in [5, 5.41) is 6.76. The third-order valence-electron chi connectivity index (χ3n) is 4.04. The summed E-state index contributed by atoms with van der Waals surface area (Å²) >= 11 is 0. The van der Waals surface area contributed by atoms with Crippen molar-refractivity contribution in [2.45, 2.75) is 20.5 Å². The number of carbonyl (C=O) groups excluding carboxylic acids is 1. The molecule has 0 radical (unpaired) electrons. The highest BCUT2D eigenvalue weighted by molar-refractivity contribution is 6.08. The molecule has 0 aliphatic heterocycles. The zero-order valence-electron chi connectivity index (χ0n) is 13.3. The minimum atomic E-state index is -0.506. The van der Waals surface area contributed by atoms with Crippen LogP contribution in [0.4, 0.5) is 0 Å². The summed E-state index contributed by atoms with van der Waals surface area (Å²) in [5.74, 6) is 0.391. The van der Waals surface area contributed by atoms with Crippen LogP contribution >= 0.6 is 0 Å². The lowest BCUT2D eigenvalue weighted by Gasteiger charge is -2.00. The average molecular weight is 321 g/mol. The molecule has 0 unspecified atom stereocenters. The number of hydrogen-bond acceptors (Lipinski definition) is 5. The molecule has 0 bridgehead atoms. The Morgan fingerprint density at radius 2 is 1.96 bits per heavy atom. The summed E-state index contributed by atoms with van der Waals surface area (Å²) in [4.78, 5) is 12.4. The summed E-state index contributed by atoms with van der Waals surface area (Å²) in [5.41, 5.74) is 2.05. The minimum Gasteiger partial charge on any atom is -0.453 e. The van der Waals surface area contributed by atoms with E-state index in [0.717, 1.165) is 21.7 Å². The van der Waals surface area contributed by atoms with E-state index in [1.165, 1.54) is 0 Å². The molecule has 0 spiro atoms. The van der Waals surface area contributed by atoms with Gasteiger partial charge in [0.05, 0.1) is 0 Å². The van der Waals surface area contributed by atoms with Crippen LogP contribution in [0.25, 0.3) is 21.7 Å². The molecule has 2 aromatic heterocycles. The van der Waals surface area contributed by atoms with Crippen molar-refractivity contribution in [1.82, 2.24) is 5.16 Å². The predicted molar refractivity (Wildman–Crippen MR) is 88.8 cm³/mol. The van der Waals surface area contributed by atoms with Crippen LogP contribution in [0, 0.1) is 13.8 Å². The Bertz CT molecular complexity index is 1060. The second-order valence-corrected chi connectivity index (χ2v) is 5.72. The third-order valence-corrected chi connectivity index (χ3v) is 4.04. The number of nitrogens with zero attached hydrogens (tertiary/aromatic N) is 1. The van der Waals surface area contributed by atoms with Crippen LogP contribution in [-0.4, -0.2) is 11.1 Å². The van der Waals surface area contributed by atoms with E-state index in [0.29, 0.717) is 17.0 Å². The highest BCUT2D eigenvalue weighted by Crippen LogP contribution is 2.32. The maximum absolute atomic E-state index is 12.4. The van der Waals surface area contributed by atoms with E-state index < -0.39 is 5.97 Å². The molecule has 4 rings (SSSR count). The molecule has 0 aliphatic rings. The zero-order chi connectivity index (χ0) is 16.7. The summed E-state index contributed by atoms with van der Waals surface area (Å²) < 4.78 is 16.1. The first kappa shape index (κ1) is 14.5. The topological polar surface area (TPSA) is 65.5 Å². The van der Waals surface area contributed by atoms with Gasteiger partial charge in [0.1, 0.15) is 23.6 Å². The lowest BCUT2D eigenvalue weighted by atomic mass is 10.1. The summed E-state index contributed by atoms with van der Waals surface area (Å²) in [7, 11) is 0. The standard InChI is InChI=1S/C19H15NO4/c1-11-9-14(20-24-11)10-22-19(21)17-12(2)15-8-7-13-5-3-4-6-16(13)18(15)23-17/h3-9H,10H2,1-2H3. The Morgan fingerprint density at radius 3 is 2.75 bits per heavy atom. The van der Waals surface area contributed by atoms with Gasteiger partial charge >= 0.3 is 5.97 Å². The molecule has 5 nitrogen and oxygen atoms in total. The molecule has 0 atom stereocenters. The van der Waals surface area contributed by atoms with Crippen LogP contribution in [0.3, 0.4) is 0 Å². The van der Waals surface area contributed by atoms with E-state index in [1.807, 2.05) is 43.3 Å². The molecule has 0 aliphatic carbocycles. The molecule has 24 heavy (non-hydrogen) atoms. The van der Waals surface area contributed by atoms with Crippen LogP contribution < -0.4 is 0 Å². The average Bonchev–Trinajstić information content (AvgIpc) is 3.16. The predicted octanol–water partition coefficient (Wildman–Crippen LogP) is 4.55. The normalized spacial score (nSPS) is 11.2. The minimum absolute atomic E-state index is 0.0490. The first-order valence-corrected chi connectivity index (χ1v) is 7.63. The first-order valence-electron chi connectivity index (χ1n) is 7.63. The van der Waals surface area contributed by atoms with Crippen LogP contribution in [0.1, 0.15) is 27.6 Å². The van der Waals surface area contributed by atoms with Gasteiger partial charge in [0, 0.05) is 22.4 Å². The Balaban J connectivity index is 1.69. The Kier molecular flexibility index (Phi) is 3.34. The number of hydrogen-bond donors (Lipinski definition) is 0. The van der Waals surface area contributed by atoms with Crippen molar-refractivity contribution in [2.75, 3.05) is 0 Å². The van der Waals surface area contributed by atoms with Gasteiger partial charge in [0.25, 0.3) is 0 Å². The van der Waals surface area contributed by atoms with Gasteiger partial charge < -0.3 is 13.7 Å². The van der Waals surface area contributed by atoms with E-state index in [4.69, 9.17) is 13.7 Å².